The highest BCUT2D eigenvalue weighted by molar-refractivity contribution is 5.95. The number of hydrogen-bond donors (Lipinski definition) is 2. The number of aryl methyl sites for hydroxylation is 1. The lowest BCUT2D eigenvalue weighted by molar-refractivity contribution is -0.133. The van der Waals surface area contributed by atoms with Gasteiger partial charge in [-0.3, -0.25) is 9.59 Å². The number of carbonyl (C=O) groups excluding carboxylic acids is 2. The molecule has 1 saturated heterocycles. The van der Waals surface area contributed by atoms with Gasteiger partial charge in [-0.2, -0.15) is 0 Å². The fourth-order valence-electron chi connectivity index (χ4n) is 6.51. The summed E-state index contributed by atoms with van der Waals surface area (Å²) in [6, 6.07) is 6.66. The molecule has 3 aliphatic rings. The third-order valence-corrected chi connectivity index (χ3v) is 9.33. The summed E-state index contributed by atoms with van der Waals surface area (Å²) in [5, 5.41) is 3.57. The number of benzene rings is 1. The number of rotatable bonds is 15. The predicted molar refractivity (Wildman–Crippen MR) is 163 cm³/mol. The second-order valence-corrected chi connectivity index (χ2v) is 12.9. The van der Waals surface area contributed by atoms with E-state index in [1.807, 2.05) is 23.1 Å². The van der Waals surface area contributed by atoms with Gasteiger partial charge in [0.2, 0.25) is 5.91 Å². The largest absolute Gasteiger partial charge is 0.493 e. The van der Waals surface area contributed by atoms with E-state index < -0.39 is 0 Å². The van der Waals surface area contributed by atoms with Crippen LogP contribution in [0.4, 0.5) is 0 Å². The quantitative estimate of drug-likeness (QED) is 0.306. The van der Waals surface area contributed by atoms with E-state index in [4.69, 9.17) is 15.2 Å². The zero-order valence-corrected chi connectivity index (χ0v) is 25.9. The number of nitrogens with two attached hydrogens (primary N) is 1. The number of amides is 2. The molecule has 8 nitrogen and oxygen atoms in total. The highest BCUT2D eigenvalue weighted by Crippen LogP contribution is 2.33. The first-order valence-corrected chi connectivity index (χ1v) is 16.1. The standard InChI is InChI=1S/C33H54N4O4/c1-5-25-9-10-26(18-31(25)41-16-6-15-40-4)33(39)36(23(2)3)21-27-19-35-20-28(27)22-37(30-13-14-30)32(38)17-24-7-11-29(34)12-8-24/h9-10,18,23-24,27-30,35H,5-8,11-17,19-22,34H2,1-4H3/t24-,27-,28-,29-/m0/s1. The molecular formula is C33H54N4O4. The molecule has 4 rings (SSSR count). The van der Waals surface area contributed by atoms with Crippen LogP contribution < -0.4 is 15.8 Å². The molecule has 0 radical (unpaired) electrons. The van der Waals surface area contributed by atoms with E-state index in [-0.39, 0.29) is 11.9 Å². The topological polar surface area (TPSA) is 97.1 Å². The van der Waals surface area contributed by atoms with Crippen molar-refractivity contribution in [1.29, 1.82) is 0 Å². The number of carbonyl (C=O) groups is 2. The Morgan fingerprint density at radius 3 is 2.37 bits per heavy atom. The number of hydrogen-bond acceptors (Lipinski definition) is 6. The Hall–Kier alpha value is -2.16. The van der Waals surface area contributed by atoms with Crippen molar-refractivity contribution in [3.8, 4) is 5.75 Å². The van der Waals surface area contributed by atoms with Gasteiger partial charge in [0.25, 0.3) is 5.91 Å². The molecule has 2 aliphatic carbocycles. The van der Waals surface area contributed by atoms with Gasteiger partial charge in [-0.25, -0.2) is 0 Å². The minimum Gasteiger partial charge on any atom is -0.493 e. The number of ether oxygens (including phenoxy) is 2. The lowest BCUT2D eigenvalue weighted by Gasteiger charge is -2.34. The lowest BCUT2D eigenvalue weighted by atomic mass is 9.84. The summed E-state index contributed by atoms with van der Waals surface area (Å²) in [4.78, 5) is 31.5. The first-order valence-electron chi connectivity index (χ1n) is 16.1. The summed E-state index contributed by atoms with van der Waals surface area (Å²) in [6.45, 7) is 10.7. The molecule has 0 spiro atoms. The van der Waals surface area contributed by atoms with Crippen molar-refractivity contribution in [3.05, 3.63) is 29.3 Å². The fraction of sp³-hybridized carbons (Fsp3) is 0.758. The smallest absolute Gasteiger partial charge is 0.254 e. The van der Waals surface area contributed by atoms with Crippen LogP contribution in [0, 0.1) is 17.8 Å². The SMILES string of the molecule is CCc1ccc(C(=O)N(C[C@@H]2CNC[C@H]2CN(C(=O)C[C@H]2CC[C@H](N)CC2)C2CC2)C(C)C)cc1OCCCOC. The highest BCUT2D eigenvalue weighted by atomic mass is 16.5. The molecule has 1 aromatic carbocycles. The van der Waals surface area contributed by atoms with Crippen LogP contribution in [0.3, 0.4) is 0 Å². The second-order valence-electron chi connectivity index (χ2n) is 12.9. The summed E-state index contributed by atoms with van der Waals surface area (Å²) in [7, 11) is 1.69. The van der Waals surface area contributed by atoms with Crippen molar-refractivity contribution in [2.75, 3.05) is 46.5 Å². The zero-order chi connectivity index (χ0) is 29.4. The minimum atomic E-state index is 0.0423. The van der Waals surface area contributed by atoms with Crippen molar-refractivity contribution < 1.29 is 19.1 Å². The third-order valence-electron chi connectivity index (χ3n) is 9.33. The van der Waals surface area contributed by atoms with Crippen molar-refractivity contribution >= 4 is 11.8 Å². The number of nitrogens with one attached hydrogen (secondary N) is 1. The van der Waals surface area contributed by atoms with Crippen molar-refractivity contribution in [2.45, 2.75) is 96.7 Å². The normalized spacial score (nSPS) is 24.4. The van der Waals surface area contributed by atoms with Gasteiger partial charge in [0.15, 0.2) is 0 Å². The molecule has 0 unspecified atom stereocenters. The summed E-state index contributed by atoms with van der Waals surface area (Å²) in [5.74, 6) is 2.28. The van der Waals surface area contributed by atoms with Crippen LogP contribution in [0.25, 0.3) is 0 Å². The van der Waals surface area contributed by atoms with Crippen LogP contribution in [-0.4, -0.2) is 86.2 Å². The maximum absolute atomic E-state index is 13.9. The Kier molecular flexibility index (Phi) is 11.9. The number of nitrogens with zero attached hydrogens (tertiary/aromatic N) is 2. The Bertz CT molecular complexity index is 989. The Morgan fingerprint density at radius 1 is 1.02 bits per heavy atom. The molecule has 8 heteroatoms. The minimum absolute atomic E-state index is 0.0423. The zero-order valence-electron chi connectivity index (χ0n) is 25.9. The average molecular weight is 571 g/mol. The Labute approximate surface area is 247 Å². The van der Waals surface area contributed by atoms with E-state index in [1.54, 1.807) is 7.11 Å². The van der Waals surface area contributed by atoms with Gasteiger partial charge >= 0.3 is 0 Å². The predicted octanol–water partition coefficient (Wildman–Crippen LogP) is 4.25. The summed E-state index contributed by atoms with van der Waals surface area (Å²) in [6.07, 6.45) is 8.78. The fourth-order valence-corrected chi connectivity index (χ4v) is 6.51. The molecule has 1 aromatic rings. The molecule has 2 amide bonds. The van der Waals surface area contributed by atoms with Gasteiger partial charge in [0.1, 0.15) is 5.75 Å². The van der Waals surface area contributed by atoms with Gasteiger partial charge in [0, 0.05) is 76.4 Å². The van der Waals surface area contributed by atoms with Crippen LogP contribution in [0.1, 0.15) is 88.1 Å². The van der Waals surface area contributed by atoms with E-state index in [2.05, 4.69) is 31.0 Å². The molecule has 41 heavy (non-hydrogen) atoms. The van der Waals surface area contributed by atoms with Gasteiger partial charge in [-0.15, -0.1) is 0 Å². The molecule has 2 saturated carbocycles. The van der Waals surface area contributed by atoms with Gasteiger partial charge in [0.05, 0.1) is 6.61 Å². The Morgan fingerprint density at radius 2 is 1.73 bits per heavy atom. The Balaban J connectivity index is 1.40. The lowest BCUT2D eigenvalue weighted by Crippen LogP contribution is -2.45. The maximum atomic E-state index is 13.9. The van der Waals surface area contributed by atoms with Gasteiger partial charge in [-0.1, -0.05) is 13.0 Å². The van der Waals surface area contributed by atoms with E-state index in [1.165, 1.54) is 0 Å². The molecular weight excluding hydrogens is 516 g/mol. The summed E-state index contributed by atoms with van der Waals surface area (Å²) in [5.41, 5.74) is 7.87. The maximum Gasteiger partial charge on any atom is 0.254 e. The van der Waals surface area contributed by atoms with Crippen molar-refractivity contribution in [1.82, 2.24) is 15.1 Å². The monoisotopic (exact) mass is 570 g/mol. The van der Waals surface area contributed by atoms with Gasteiger partial charge in [-0.05, 0) is 94.2 Å². The molecule has 1 aliphatic heterocycles. The van der Waals surface area contributed by atoms with Crippen LogP contribution in [0.2, 0.25) is 0 Å². The molecule has 3 fully saturated rings. The van der Waals surface area contributed by atoms with Crippen LogP contribution >= 0.6 is 0 Å². The average Bonchev–Trinajstić information content (AvgIpc) is 3.71. The van der Waals surface area contributed by atoms with Crippen LogP contribution in [-0.2, 0) is 16.0 Å². The highest BCUT2D eigenvalue weighted by Gasteiger charge is 2.39. The van der Waals surface area contributed by atoms with E-state index in [0.717, 1.165) is 82.3 Å². The van der Waals surface area contributed by atoms with E-state index in [9.17, 15) is 9.59 Å². The van der Waals surface area contributed by atoms with Crippen molar-refractivity contribution in [2.24, 2.45) is 23.5 Å². The number of methoxy groups -OCH3 is 1. The summed E-state index contributed by atoms with van der Waals surface area (Å²) >= 11 is 0. The molecule has 230 valence electrons. The first kappa shape index (κ1) is 31.8. The van der Waals surface area contributed by atoms with E-state index in [0.29, 0.717) is 67.5 Å². The molecule has 2 atom stereocenters. The van der Waals surface area contributed by atoms with Crippen molar-refractivity contribution in [3.63, 3.8) is 0 Å². The first-order chi connectivity index (χ1) is 19.8. The third kappa shape index (κ3) is 8.91. The second kappa shape index (κ2) is 15.4. The van der Waals surface area contributed by atoms with Crippen LogP contribution in [0.15, 0.2) is 18.2 Å². The summed E-state index contributed by atoms with van der Waals surface area (Å²) < 4.78 is 11.2. The molecule has 0 aromatic heterocycles. The molecule has 3 N–H and O–H groups in total. The van der Waals surface area contributed by atoms with Gasteiger partial charge < -0.3 is 30.3 Å². The van der Waals surface area contributed by atoms with E-state index >= 15 is 0 Å². The molecule has 0 bridgehead atoms. The van der Waals surface area contributed by atoms with Crippen LogP contribution in [0.5, 0.6) is 5.75 Å². The molecule has 1 heterocycles.